The van der Waals surface area contributed by atoms with Crippen LogP contribution in [0, 0.1) is 6.92 Å². The highest BCUT2D eigenvalue weighted by atomic mass is 35.5. The van der Waals surface area contributed by atoms with Crippen LogP contribution in [0.3, 0.4) is 0 Å². The standard InChI is InChI=1S/C25H15ClO5/c1-14-19-13-18(29-24(27)22-12-16-11-17(26)7-9-20(16)30-22)8-10-21(19)31-25(28)23(14)15-5-3-2-4-6-15/h2-13H,1H3. The molecule has 5 rings (SSSR count). The third-order valence-electron chi connectivity index (χ3n) is 5.09. The first-order valence-corrected chi connectivity index (χ1v) is 9.91. The predicted octanol–water partition coefficient (Wildman–Crippen LogP) is 6.39. The molecule has 5 nitrogen and oxygen atoms in total. The van der Waals surface area contributed by atoms with E-state index in [1.807, 2.05) is 37.3 Å². The van der Waals surface area contributed by atoms with Crippen LogP contribution in [0.1, 0.15) is 16.1 Å². The Morgan fingerprint density at radius 2 is 1.68 bits per heavy atom. The first-order valence-electron chi connectivity index (χ1n) is 9.54. The van der Waals surface area contributed by atoms with Gasteiger partial charge in [-0.2, -0.15) is 0 Å². The van der Waals surface area contributed by atoms with Crippen molar-refractivity contribution < 1.29 is 18.4 Å². The van der Waals surface area contributed by atoms with Crippen molar-refractivity contribution in [1.82, 2.24) is 0 Å². The number of rotatable bonds is 3. The lowest BCUT2D eigenvalue weighted by atomic mass is 9.99. The maximum atomic E-state index is 12.6. The van der Waals surface area contributed by atoms with Crippen molar-refractivity contribution in [1.29, 1.82) is 0 Å². The third-order valence-corrected chi connectivity index (χ3v) is 5.32. The summed E-state index contributed by atoms with van der Waals surface area (Å²) in [6.07, 6.45) is 0. The van der Waals surface area contributed by atoms with Crippen LogP contribution in [0.15, 0.2) is 86.4 Å². The molecule has 5 aromatic rings. The largest absolute Gasteiger partial charge is 0.449 e. The molecular weight excluding hydrogens is 416 g/mol. The van der Waals surface area contributed by atoms with Crippen LogP contribution >= 0.6 is 11.6 Å². The molecule has 0 aliphatic rings. The minimum absolute atomic E-state index is 0.0682. The Bertz CT molecular complexity index is 1510. The number of aryl methyl sites for hydroxylation is 1. The molecule has 0 saturated carbocycles. The summed E-state index contributed by atoms with van der Waals surface area (Å²) in [5, 5.41) is 1.94. The van der Waals surface area contributed by atoms with E-state index < -0.39 is 11.6 Å². The van der Waals surface area contributed by atoms with Crippen LogP contribution in [-0.4, -0.2) is 5.97 Å². The number of hydrogen-bond donors (Lipinski definition) is 0. The first-order chi connectivity index (χ1) is 15.0. The third kappa shape index (κ3) is 3.49. The summed E-state index contributed by atoms with van der Waals surface area (Å²) < 4.78 is 16.6. The zero-order valence-corrected chi connectivity index (χ0v) is 17.1. The Labute approximate surface area is 181 Å². The summed E-state index contributed by atoms with van der Waals surface area (Å²) in [4.78, 5) is 25.1. The van der Waals surface area contributed by atoms with Crippen molar-refractivity contribution in [3.05, 3.63) is 99.6 Å². The lowest BCUT2D eigenvalue weighted by molar-refractivity contribution is 0.0704. The Morgan fingerprint density at radius 1 is 0.903 bits per heavy atom. The second-order valence-corrected chi connectivity index (χ2v) is 7.53. The van der Waals surface area contributed by atoms with E-state index in [9.17, 15) is 9.59 Å². The van der Waals surface area contributed by atoms with E-state index in [0.29, 0.717) is 38.3 Å². The van der Waals surface area contributed by atoms with Gasteiger partial charge in [0.25, 0.3) is 0 Å². The summed E-state index contributed by atoms with van der Waals surface area (Å²) in [6.45, 7) is 1.84. The summed E-state index contributed by atoms with van der Waals surface area (Å²) in [5.74, 6) is -0.254. The summed E-state index contributed by atoms with van der Waals surface area (Å²) >= 11 is 5.99. The van der Waals surface area contributed by atoms with Crippen LogP contribution in [0.25, 0.3) is 33.1 Å². The fourth-order valence-corrected chi connectivity index (χ4v) is 3.79. The van der Waals surface area contributed by atoms with Gasteiger partial charge in [-0.05, 0) is 60.5 Å². The van der Waals surface area contributed by atoms with Gasteiger partial charge in [-0.15, -0.1) is 0 Å². The van der Waals surface area contributed by atoms with Gasteiger partial charge in [0.15, 0.2) is 0 Å². The number of benzene rings is 3. The molecule has 0 atom stereocenters. The van der Waals surface area contributed by atoms with E-state index in [-0.39, 0.29) is 5.76 Å². The van der Waals surface area contributed by atoms with Gasteiger partial charge in [0.1, 0.15) is 16.9 Å². The molecular formula is C25H15ClO5. The SMILES string of the molecule is Cc1c(-c2ccccc2)c(=O)oc2ccc(OC(=O)c3cc4cc(Cl)ccc4o3)cc12. The molecule has 0 radical (unpaired) electrons. The highest BCUT2D eigenvalue weighted by Gasteiger charge is 2.17. The number of halogens is 1. The van der Waals surface area contributed by atoms with Gasteiger partial charge in [0.2, 0.25) is 5.76 Å². The average molecular weight is 431 g/mol. The molecule has 31 heavy (non-hydrogen) atoms. The lowest BCUT2D eigenvalue weighted by Crippen LogP contribution is -2.08. The number of carbonyl (C=O) groups is 1. The molecule has 0 unspecified atom stereocenters. The molecule has 2 heterocycles. The molecule has 152 valence electrons. The molecule has 0 saturated heterocycles. The van der Waals surface area contributed by atoms with Crippen molar-refractivity contribution in [3.63, 3.8) is 0 Å². The molecule has 3 aromatic carbocycles. The Balaban J connectivity index is 1.53. The molecule has 0 N–H and O–H groups in total. The van der Waals surface area contributed by atoms with Crippen molar-refractivity contribution in [2.45, 2.75) is 6.92 Å². The highest BCUT2D eigenvalue weighted by molar-refractivity contribution is 6.31. The number of carbonyl (C=O) groups excluding carboxylic acids is 1. The van der Waals surface area contributed by atoms with Gasteiger partial charge in [-0.25, -0.2) is 9.59 Å². The number of ether oxygens (including phenoxy) is 1. The van der Waals surface area contributed by atoms with E-state index in [4.69, 9.17) is 25.2 Å². The first kappa shape index (κ1) is 19.2. The second kappa shape index (κ2) is 7.45. The second-order valence-electron chi connectivity index (χ2n) is 7.10. The highest BCUT2D eigenvalue weighted by Crippen LogP contribution is 2.30. The topological polar surface area (TPSA) is 69.7 Å². The van der Waals surface area contributed by atoms with Crippen molar-refractivity contribution in [2.24, 2.45) is 0 Å². The molecule has 0 aliphatic heterocycles. The van der Waals surface area contributed by atoms with E-state index in [2.05, 4.69) is 0 Å². The zero-order valence-electron chi connectivity index (χ0n) is 16.3. The minimum Gasteiger partial charge on any atom is -0.449 e. The van der Waals surface area contributed by atoms with Crippen LogP contribution in [-0.2, 0) is 0 Å². The fraction of sp³-hybridized carbons (Fsp3) is 0.0400. The monoisotopic (exact) mass is 430 g/mol. The quantitative estimate of drug-likeness (QED) is 0.188. The molecule has 0 spiro atoms. The van der Waals surface area contributed by atoms with Crippen LogP contribution < -0.4 is 10.4 Å². The smallest absolute Gasteiger partial charge is 0.379 e. The Hall–Kier alpha value is -3.83. The van der Waals surface area contributed by atoms with Crippen molar-refractivity contribution >= 4 is 39.5 Å². The van der Waals surface area contributed by atoms with Crippen LogP contribution in [0.2, 0.25) is 5.02 Å². The molecule has 0 bridgehead atoms. The van der Waals surface area contributed by atoms with Gasteiger partial charge in [0.05, 0.1) is 5.56 Å². The van der Waals surface area contributed by atoms with E-state index in [0.717, 1.165) is 11.1 Å². The van der Waals surface area contributed by atoms with E-state index in [1.165, 1.54) is 0 Å². The minimum atomic E-state index is -0.634. The van der Waals surface area contributed by atoms with Gasteiger partial charge in [-0.3, -0.25) is 0 Å². The average Bonchev–Trinajstić information content (AvgIpc) is 3.18. The van der Waals surface area contributed by atoms with E-state index in [1.54, 1.807) is 42.5 Å². The van der Waals surface area contributed by atoms with E-state index >= 15 is 0 Å². The summed E-state index contributed by atoms with van der Waals surface area (Å²) in [7, 11) is 0. The summed E-state index contributed by atoms with van der Waals surface area (Å²) in [5.41, 5.74) is 2.53. The van der Waals surface area contributed by atoms with Crippen molar-refractivity contribution in [3.8, 4) is 16.9 Å². The molecule has 2 aromatic heterocycles. The van der Waals surface area contributed by atoms with Gasteiger partial charge in [-0.1, -0.05) is 41.9 Å². The number of esters is 1. The molecule has 0 aliphatic carbocycles. The fourth-order valence-electron chi connectivity index (χ4n) is 3.60. The van der Waals surface area contributed by atoms with Crippen LogP contribution in [0.5, 0.6) is 5.75 Å². The number of hydrogen-bond acceptors (Lipinski definition) is 5. The molecule has 6 heteroatoms. The van der Waals surface area contributed by atoms with Gasteiger partial charge >= 0.3 is 11.6 Å². The van der Waals surface area contributed by atoms with Crippen molar-refractivity contribution in [2.75, 3.05) is 0 Å². The maximum absolute atomic E-state index is 12.6. The Morgan fingerprint density at radius 3 is 2.48 bits per heavy atom. The summed E-state index contributed by atoms with van der Waals surface area (Å²) in [6, 6.07) is 20.8. The van der Waals surface area contributed by atoms with Crippen LogP contribution in [0.4, 0.5) is 0 Å². The normalized spacial score (nSPS) is 11.2. The van der Waals surface area contributed by atoms with Gasteiger partial charge in [0, 0.05) is 15.8 Å². The number of furan rings is 1. The predicted molar refractivity (Wildman–Crippen MR) is 119 cm³/mol. The molecule has 0 fully saturated rings. The number of fused-ring (bicyclic) bond motifs is 2. The van der Waals surface area contributed by atoms with Gasteiger partial charge < -0.3 is 13.6 Å². The Kier molecular flexibility index (Phi) is 4.60. The maximum Gasteiger partial charge on any atom is 0.379 e. The molecule has 0 amide bonds. The zero-order chi connectivity index (χ0) is 21.5. The lowest BCUT2D eigenvalue weighted by Gasteiger charge is -2.09.